The lowest BCUT2D eigenvalue weighted by Crippen LogP contribution is -2.41. The van der Waals surface area contributed by atoms with E-state index in [1.165, 1.54) is 13.0 Å². The fourth-order valence-corrected chi connectivity index (χ4v) is 2.56. The first-order valence-corrected chi connectivity index (χ1v) is 6.51. The lowest BCUT2D eigenvalue weighted by molar-refractivity contribution is -0.138. The van der Waals surface area contributed by atoms with Gasteiger partial charge < -0.3 is 10.6 Å². The van der Waals surface area contributed by atoms with Gasteiger partial charge in [0.05, 0.1) is 11.5 Å². The molecule has 1 fully saturated rings. The van der Waals surface area contributed by atoms with Crippen LogP contribution in [0.1, 0.15) is 24.0 Å². The number of hydrogen-bond acceptors (Lipinski definition) is 2. The molecule has 0 aliphatic carbocycles. The van der Waals surface area contributed by atoms with Crippen molar-refractivity contribution in [2.75, 3.05) is 18.0 Å². The molecule has 1 aliphatic rings. The molecule has 20 heavy (non-hydrogen) atoms. The Hall–Kier alpha value is -1.72. The highest BCUT2D eigenvalue weighted by Crippen LogP contribution is 2.35. The zero-order valence-electron chi connectivity index (χ0n) is 11.2. The maximum absolute atomic E-state index is 12.9. The van der Waals surface area contributed by atoms with Crippen molar-refractivity contribution in [2.24, 2.45) is 11.7 Å². The summed E-state index contributed by atoms with van der Waals surface area (Å²) in [7, 11) is 0. The van der Waals surface area contributed by atoms with Crippen molar-refractivity contribution < 1.29 is 18.0 Å². The van der Waals surface area contributed by atoms with Gasteiger partial charge in [-0.3, -0.25) is 4.79 Å². The quantitative estimate of drug-likeness (QED) is 0.908. The van der Waals surface area contributed by atoms with Gasteiger partial charge in [-0.1, -0.05) is 6.07 Å². The number of aryl methyl sites for hydroxylation is 1. The van der Waals surface area contributed by atoms with E-state index < -0.39 is 17.6 Å². The standard InChI is InChI=1S/C14H17F3N2O/c1-9-4-5-11(7-12(9)14(15,16)17)19-6-2-3-10(8-19)13(18)20/h4-5,7,10H,2-3,6,8H2,1H3,(H2,18,20). The number of anilines is 1. The smallest absolute Gasteiger partial charge is 0.371 e. The first-order valence-electron chi connectivity index (χ1n) is 6.51. The number of benzene rings is 1. The topological polar surface area (TPSA) is 46.3 Å². The first-order chi connectivity index (χ1) is 9.29. The molecule has 1 amide bonds. The van der Waals surface area contributed by atoms with Gasteiger partial charge in [-0.15, -0.1) is 0 Å². The number of primary amides is 1. The molecule has 1 aromatic rings. The Kier molecular flexibility index (Phi) is 3.92. The number of alkyl halides is 3. The van der Waals surface area contributed by atoms with Gasteiger partial charge in [-0.25, -0.2) is 0 Å². The van der Waals surface area contributed by atoms with Crippen LogP contribution in [-0.2, 0) is 11.0 Å². The third-order valence-electron chi connectivity index (χ3n) is 3.72. The van der Waals surface area contributed by atoms with E-state index in [4.69, 9.17) is 5.73 Å². The molecule has 1 atom stereocenters. The van der Waals surface area contributed by atoms with Gasteiger partial charge in [0, 0.05) is 18.8 Å². The largest absolute Gasteiger partial charge is 0.416 e. The highest BCUT2D eigenvalue weighted by molar-refractivity contribution is 5.77. The van der Waals surface area contributed by atoms with E-state index in [0.717, 1.165) is 12.5 Å². The van der Waals surface area contributed by atoms with Gasteiger partial charge in [0.1, 0.15) is 0 Å². The first kappa shape index (κ1) is 14.7. The van der Waals surface area contributed by atoms with Gasteiger partial charge in [0.2, 0.25) is 5.91 Å². The average molecular weight is 286 g/mol. The van der Waals surface area contributed by atoms with E-state index in [1.54, 1.807) is 11.0 Å². The van der Waals surface area contributed by atoms with Crippen LogP contribution in [0.5, 0.6) is 0 Å². The Balaban J connectivity index is 2.27. The monoisotopic (exact) mass is 286 g/mol. The zero-order valence-corrected chi connectivity index (χ0v) is 11.2. The molecular weight excluding hydrogens is 269 g/mol. The normalized spacial score (nSPS) is 20.0. The fraction of sp³-hybridized carbons (Fsp3) is 0.500. The van der Waals surface area contributed by atoms with E-state index in [9.17, 15) is 18.0 Å². The third-order valence-corrected chi connectivity index (χ3v) is 3.72. The Morgan fingerprint density at radius 3 is 2.70 bits per heavy atom. The third kappa shape index (κ3) is 3.05. The lowest BCUT2D eigenvalue weighted by atomic mass is 9.96. The molecule has 1 unspecified atom stereocenters. The summed E-state index contributed by atoms with van der Waals surface area (Å²) in [5.74, 6) is -0.683. The van der Waals surface area contributed by atoms with Crippen LogP contribution in [0.15, 0.2) is 18.2 Å². The number of nitrogens with two attached hydrogens (primary N) is 1. The van der Waals surface area contributed by atoms with Crippen molar-refractivity contribution in [1.82, 2.24) is 0 Å². The van der Waals surface area contributed by atoms with E-state index in [0.29, 0.717) is 25.2 Å². The van der Waals surface area contributed by atoms with Crippen LogP contribution in [0.25, 0.3) is 0 Å². The summed E-state index contributed by atoms with van der Waals surface area (Å²) >= 11 is 0. The number of piperidine rings is 1. The molecule has 0 bridgehead atoms. The highest BCUT2D eigenvalue weighted by atomic mass is 19.4. The second kappa shape index (κ2) is 5.34. The van der Waals surface area contributed by atoms with Crippen molar-refractivity contribution in [3.8, 4) is 0 Å². The van der Waals surface area contributed by atoms with Crippen molar-refractivity contribution in [1.29, 1.82) is 0 Å². The number of amides is 1. The molecular formula is C14H17F3N2O. The van der Waals surface area contributed by atoms with Gasteiger partial charge in [0.25, 0.3) is 0 Å². The Labute approximate surface area is 115 Å². The minimum atomic E-state index is -4.36. The SMILES string of the molecule is Cc1ccc(N2CCCC(C(N)=O)C2)cc1C(F)(F)F. The molecule has 3 nitrogen and oxygen atoms in total. The van der Waals surface area contributed by atoms with Crippen LogP contribution < -0.4 is 10.6 Å². The van der Waals surface area contributed by atoms with Gasteiger partial charge in [-0.05, 0) is 37.5 Å². The van der Waals surface area contributed by atoms with Crippen LogP contribution in [-0.4, -0.2) is 19.0 Å². The fourth-order valence-electron chi connectivity index (χ4n) is 2.56. The molecule has 2 rings (SSSR count). The van der Waals surface area contributed by atoms with Crippen molar-refractivity contribution in [3.05, 3.63) is 29.3 Å². The summed E-state index contributed by atoms with van der Waals surface area (Å²) in [5.41, 5.74) is 5.35. The number of halogens is 3. The summed E-state index contributed by atoms with van der Waals surface area (Å²) in [6.45, 7) is 2.47. The minimum Gasteiger partial charge on any atom is -0.371 e. The maximum Gasteiger partial charge on any atom is 0.416 e. The Bertz CT molecular complexity index is 514. The van der Waals surface area contributed by atoms with Crippen LogP contribution >= 0.6 is 0 Å². The molecule has 1 aliphatic heterocycles. The van der Waals surface area contributed by atoms with Crippen molar-refractivity contribution in [3.63, 3.8) is 0 Å². The maximum atomic E-state index is 12.9. The Morgan fingerprint density at radius 2 is 2.10 bits per heavy atom. The molecule has 1 aromatic carbocycles. The van der Waals surface area contributed by atoms with Gasteiger partial charge in [0.15, 0.2) is 0 Å². The molecule has 110 valence electrons. The zero-order chi connectivity index (χ0) is 14.9. The molecule has 1 saturated heterocycles. The minimum absolute atomic E-state index is 0.199. The van der Waals surface area contributed by atoms with Crippen LogP contribution in [0.4, 0.5) is 18.9 Å². The number of nitrogens with zero attached hydrogens (tertiary/aromatic N) is 1. The molecule has 2 N–H and O–H groups in total. The van der Waals surface area contributed by atoms with E-state index in [-0.39, 0.29) is 11.5 Å². The molecule has 0 spiro atoms. The van der Waals surface area contributed by atoms with E-state index in [2.05, 4.69) is 0 Å². The average Bonchev–Trinajstić information content (AvgIpc) is 2.38. The van der Waals surface area contributed by atoms with Crippen LogP contribution in [0, 0.1) is 12.8 Å². The summed E-state index contributed by atoms with van der Waals surface area (Å²) in [4.78, 5) is 13.0. The predicted molar refractivity (Wildman–Crippen MR) is 70.3 cm³/mol. The number of carbonyl (C=O) groups is 1. The van der Waals surface area contributed by atoms with Crippen LogP contribution in [0.2, 0.25) is 0 Å². The van der Waals surface area contributed by atoms with Gasteiger partial charge >= 0.3 is 6.18 Å². The van der Waals surface area contributed by atoms with Crippen LogP contribution in [0.3, 0.4) is 0 Å². The van der Waals surface area contributed by atoms with Crippen molar-refractivity contribution >= 4 is 11.6 Å². The number of carbonyl (C=O) groups excluding carboxylic acids is 1. The molecule has 0 saturated carbocycles. The molecule has 1 heterocycles. The Morgan fingerprint density at radius 1 is 1.40 bits per heavy atom. The highest BCUT2D eigenvalue weighted by Gasteiger charge is 2.33. The molecule has 0 radical (unpaired) electrons. The second-order valence-electron chi connectivity index (χ2n) is 5.18. The molecule has 0 aromatic heterocycles. The summed E-state index contributed by atoms with van der Waals surface area (Å²) < 4.78 is 38.7. The number of hydrogen-bond donors (Lipinski definition) is 1. The van der Waals surface area contributed by atoms with Crippen molar-refractivity contribution in [2.45, 2.75) is 25.9 Å². The summed E-state index contributed by atoms with van der Waals surface area (Å²) in [6, 6.07) is 4.28. The van der Waals surface area contributed by atoms with E-state index >= 15 is 0 Å². The van der Waals surface area contributed by atoms with E-state index in [1.807, 2.05) is 0 Å². The lowest BCUT2D eigenvalue weighted by Gasteiger charge is -2.33. The van der Waals surface area contributed by atoms with Gasteiger partial charge in [-0.2, -0.15) is 13.2 Å². The summed E-state index contributed by atoms with van der Waals surface area (Å²) in [5, 5.41) is 0. The summed E-state index contributed by atoms with van der Waals surface area (Å²) in [6.07, 6.45) is -2.91. The molecule has 6 heteroatoms. The predicted octanol–water partition coefficient (Wildman–Crippen LogP) is 2.72. The number of rotatable bonds is 2. The second-order valence-corrected chi connectivity index (χ2v) is 5.18.